The van der Waals surface area contributed by atoms with E-state index in [0.717, 1.165) is 0 Å². The van der Waals surface area contributed by atoms with E-state index < -0.39 is 11.9 Å². The Morgan fingerprint density at radius 2 is 2.10 bits per heavy atom. The first kappa shape index (κ1) is 13.9. The molecule has 0 radical (unpaired) electrons. The smallest absolute Gasteiger partial charge is 0.321 e. The van der Waals surface area contributed by atoms with E-state index in [1.54, 1.807) is 31.2 Å². The number of carboxylic acid groups (broad SMARTS) is 1. The molecule has 6 heteroatoms. The third-order valence-corrected chi connectivity index (χ3v) is 3.58. The summed E-state index contributed by atoms with van der Waals surface area (Å²) in [7, 11) is 0. The lowest BCUT2D eigenvalue weighted by atomic mass is 9.87. The number of anilines is 1. The van der Waals surface area contributed by atoms with Crippen molar-refractivity contribution in [3.05, 3.63) is 29.8 Å². The van der Waals surface area contributed by atoms with Crippen LogP contribution >= 0.6 is 0 Å². The highest BCUT2D eigenvalue weighted by atomic mass is 16.4. The van der Waals surface area contributed by atoms with E-state index in [4.69, 9.17) is 10.4 Å². The summed E-state index contributed by atoms with van der Waals surface area (Å²) in [5, 5.41) is 20.5. The summed E-state index contributed by atoms with van der Waals surface area (Å²) in [5.74, 6) is -1.31. The third kappa shape index (κ3) is 2.72. The monoisotopic (exact) mass is 273 g/mol. The maximum atomic E-state index is 12.0. The van der Waals surface area contributed by atoms with Gasteiger partial charge in [0.1, 0.15) is 6.07 Å². The molecule has 2 N–H and O–H groups in total. The second kappa shape index (κ2) is 5.61. The number of carboxylic acids is 1. The fraction of sp³-hybridized carbons (Fsp3) is 0.357. The maximum absolute atomic E-state index is 12.0. The molecule has 2 amide bonds. The van der Waals surface area contributed by atoms with Crippen LogP contribution < -0.4 is 5.32 Å². The van der Waals surface area contributed by atoms with E-state index in [0.29, 0.717) is 24.3 Å². The van der Waals surface area contributed by atoms with Gasteiger partial charge in [-0.3, -0.25) is 4.79 Å². The van der Waals surface area contributed by atoms with Crippen LogP contribution in [0, 0.1) is 23.2 Å². The second-order valence-corrected chi connectivity index (χ2v) is 4.88. The van der Waals surface area contributed by atoms with Gasteiger partial charge in [0.05, 0.1) is 17.2 Å². The minimum Gasteiger partial charge on any atom is -0.481 e. The van der Waals surface area contributed by atoms with Crippen LogP contribution in [0.4, 0.5) is 10.5 Å². The molecule has 2 rings (SSSR count). The van der Waals surface area contributed by atoms with E-state index in [2.05, 4.69) is 5.32 Å². The van der Waals surface area contributed by atoms with Crippen molar-refractivity contribution >= 4 is 17.7 Å². The minimum absolute atomic E-state index is 0.00976. The Hall–Kier alpha value is -2.55. The Kier molecular flexibility index (Phi) is 3.89. The molecule has 1 fully saturated rings. The molecule has 0 aliphatic carbocycles. The number of nitriles is 1. The summed E-state index contributed by atoms with van der Waals surface area (Å²) < 4.78 is 0. The van der Waals surface area contributed by atoms with Gasteiger partial charge in [0.15, 0.2) is 0 Å². The van der Waals surface area contributed by atoms with Crippen molar-refractivity contribution in [3.63, 3.8) is 0 Å². The number of para-hydroxylation sites is 1. The fourth-order valence-electron chi connectivity index (χ4n) is 2.08. The number of likely N-dealkylation sites (tertiary alicyclic amines) is 1. The standard InChI is InChI=1S/C14H15N3O3/c1-9(13(18)19)11-7-17(8-11)14(20)16-12-5-3-2-4-10(12)6-15/h2-5,9,11H,7-8H2,1H3,(H,16,20)(H,18,19). The molecule has 0 aromatic heterocycles. The van der Waals surface area contributed by atoms with Crippen molar-refractivity contribution in [2.45, 2.75) is 6.92 Å². The minimum atomic E-state index is -0.843. The normalized spacial score (nSPS) is 15.9. The molecule has 1 saturated heterocycles. The van der Waals surface area contributed by atoms with Crippen molar-refractivity contribution in [2.75, 3.05) is 18.4 Å². The summed E-state index contributed by atoms with van der Waals surface area (Å²) in [6.07, 6.45) is 0. The Labute approximate surface area is 116 Å². The highest BCUT2D eigenvalue weighted by Gasteiger charge is 2.37. The number of urea groups is 1. The van der Waals surface area contributed by atoms with Crippen molar-refractivity contribution in [2.24, 2.45) is 11.8 Å². The van der Waals surface area contributed by atoms with Crippen molar-refractivity contribution in [3.8, 4) is 6.07 Å². The van der Waals surface area contributed by atoms with E-state index in [9.17, 15) is 9.59 Å². The number of carbonyl (C=O) groups is 2. The number of nitrogens with one attached hydrogen (secondary N) is 1. The van der Waals surface area contributed by atoms with Crippen LogP contribution in [0.1, 0.15) is 12.5 Å². The molecule has 1 atom stereocenters. The Morgan fingerprint density at radius 1 is 1.45 bits per heavy atom. The number of hydrogen-bond donors (Lipinski definition) is 2. The summed E-state index contributed by atoms with van der Waals surface area (Å²) in [5.41, 5.74) is 0.867. The highest BCUT2D eigenvalue weighted by Crippen LogP contribution is 2.25. The zero-order chi connectivity index (χ0) is 14.7. The molecular weight excluding hydrogens is 258 g/mol. The summed E-state index contributed by atoms with van der Waals surface area (Å²) in [6.45, 7) is 2.50. The quantitative estimate of drug-likeness (QED) is 0.877. The van der Waals surface area contributed by atoms with Crippen molar-refractivity contribution in [1.29, 1.82) is 5.26 Å². The van der Waals surface area contributed by atoms with E-state index in [1.165, 1.54) is 4.90 Å². The average molecular weight is 273 g/mol. The molecule has 0 saturated carbocycles. The van der Waals surface area contributed by atoms with Crippen molar-refractivity contribution < 1.29 is 14.7 Å². The molecule has 1 aromatic carbocycles. The molecule has 20 heavy (non-hydrogen) atoms. The fourth-order valence-corrected chi connectivity index (χ4v) is 2.08. The third-order valence-electron chi connectivity index (χ3n) is 3.58. The van der Waals surface area contributed by atoms with Gasteiger partial charge in [-0.25, -0.2) is 4.79 Å². The van der Waals surface area contributed by atoms with Gasteiger partial charge < -0.3 is 15.3 Å². The number of hydrogen-bond acceptors (Lipinski definition) is 3. The van der Waals surface area contributed by atoms with E-state index >= 15 is 0 Å². The first-order chi connectivity index (χ1) is 9.52. The van der Waals surface area contributed by atoms with Gasteiger partial charge in [-0.1, -0.05) is 19.1 Å². The average Bonchev–Trinajstić information content (AvgIpc) is 2.37. The van der Waals surface area contributed by atoms with Gasteiger partial charge >= 0.3 is 12.0 Å². The first-order valence-corrected chi connectivity index (χ1v) is 6.30. The molecule has 0 bridgehead atoms. The highest BCUT2D eigenvalue weighted by molar-refractivity contribution is 5.91. The topological polar surface area (TPSA) is 93.4 Å². The van der Waals surface area contributed by atoms with Crippen LogP contribution in [-0.4, -0.2) is 35.1 Å². The number of amides is 2. The largest absolute Gasteiger partial charge is 0.481 e. The van der Waals surface area contributed by atoms with Crippen LogP contribution in [0.25, 0.3) is 0 Å². The van der Waals surface area contributed by atoms with Crippen LogP contribution in [0.5, 0.6) is 0 Å². The zero-order valence-electron chi connectivity index (χ0n) is 11.0. The Morgan fingerprint density at radius 3 is 2.70 bits per heavy atom. The lowest BCUT2D eigenvalue weighted by Crippen LogP contribution is -2.54. The lowest BCUT2D eigenvalue weighted by molar-refractivity contribution is -0.144. The molecule has 1 unspecified atom stereocenters. The van der Waals surface area contributed by atoms with Gasteiger partial charge in [-0.2, -0.15) is 5.26 Å². The molecule has 104 valence electrons. The van der Waals surface area contributed by atoms with Gasteiger partial charge in [-0.05, 0) is 12.1 Å². The maximum Gasteiger partial charge on any atom is 0.321 e. The summed E-state index contributed by atoms with van der Waals surface area (Å²) in [6, 6.07) is 8.45. The van der Waals surface area contributed by atoms with E-state index in [-0.39, 0.29) is 11.9 Å². The molecule has 6 nitrogen and oxygen atoms in total. The van der Waals surface area contributed by atoms with E-state index in [1.807, 2.05) is 6.07 Å². The number of rotatable bonds is 3. The number of aliphatic carboxylic acids is 1. The predicted molar refractivity (Wildman–Crippen MR) is 72.0 cm³/mol. The van der Waals surface area contributed by atoms with Gasteiger partial charge in [-0.15, -0.1) is 0 Å². The van der Waals surface area contributed by atoms with Crippen molar-refractivity contribution in [1.82, 2.24) is 4.90 Å². The summed E-state index contributed by atoms with van der Waals surface area (Å²) in [4.78, 5) is 24.3. The second-order valence-electron chi connectivity index (χ2n) is 4.88. The molecular formula is C14H15N3O3. The number of benzene rings is 1. The van der Waals surface area contributed by atoms with Gasteiger partial charge in [0, 0.05) is 19.0 Å². The molecule has 1 aromatic rings. The molecule has 1 heterocycles. The molecule has 1 aliphatic rings. The Balaban J connectivity index is 1.92. The number of carbonyl (C=O) groups excluding carboxylic acids is 1. The first-order valence-electron chi connectivity index (χ1n) is 6.30. The number of nitrogens with zero attached hydrogens (tertiary/aromatic N) is 2. The van der Waals surface area contributed by atoms with Gasteiger partial charge in [0.2, 0.25) is 0 Å². The summed E-state index contributed by atoms with van der Waals surface area (Å²) >= 11 is 0. The van der Waals surface area contributed by atoms with Crippen LogP contribution in [0.2, 0.25) is 0 Å². The van der Waals surface area contributed by atoms with Crippen LogP contribution in [0.3, 0.4) is 0 Å². The molecule has 0 spiro atoms. The van der Waals surface area contributed by atoms with Crippen LogP contribution in [0.15, 0.2) is 24.3 Å². The SMILES string of the molecule is CC(C(=O)O)C1CN(C(=O)Nc2ccccc2C#N)C1. The predicted octanol–water partition coefficient (Wildman–Crippen LogP) is 1.74. The lowest BCUT2D eigenvalue weighted by Gasteiger charge is -2.41. The molecule has 1 aliphatic heterocycles. The zero-order valence-corrected chi connectivity index (χ0v) is 11.0. The van der Waals surface area contributed by atoms with Gasteiger partial charge in [0.25, 0.3) is 0 Å². The van der Waals surface area contributed by atoms with Crippen LogP contribution in [-0.2, 0) is 4.79 Å². The Bertz CT molecular complexity index is 573.